The maximum Gasteiger partial charge on any atom is 0.225 e. The lowest BCUT2D eigenvalue weighted by Gasteiger charge is -2.05. The van der Waals surface area contributed by atoms with Crippen molar-refractivity contribution in [1.29, 1.82) is 0 Å². The van der Waals surface area contributed by atoms with Crippen LogP contribution in [-0.2, 0) is 4.79 Å². The average Bonchev–Trinajstić information content (AvgIpc) is 3.12. The summed E-state index contributed by atoms with van der Waals surface area (Å²) in [5, 5.41) is 5.61. The van der Waals surface area contributed by atoms with Crippen molar-refractivity contribution in [3.8, 4) is 17.0 Å². The molecule has 0 bridgehead atoms. The van der Waals surface area contributed by atoms with Crippen molar-refractivity contribution in [3.63, 3.8) is 0 Å². The zero-order chi connectivity index (χ0) is 18.4. The van der Waals surface area contributed by atoms with Gasteiger partial charge in [0.2, 0.25) is 5.91 Å². The molecule has 0 radical (unpaired) electrons. The number of nitrogens with one attached hydrogen (secondary N) is 1. The standard InChI is InChI=1S/C19H17ClN2O2S2/c1-24-16-8-6-15(7-9-16)21-18(23)10-11-25-19-22-17(12-26-19)13-2-4-14(20)5-3-13/h2-9,12H,10-11H2,1H3,(H,21,23). The lowest BCUT2D eigenvalue weighted by molar-refractivity contribution is -0.115. The summed E-state index contributed by atoms with van der Waals surface area (Å²) < 4.78 is 6.05. The first-order valence-corrected chi connectivity index (χ1v) is 10.2. The first kappa shape index (κ1) is 18.8. The fourth-order valence-corrected chi connectivity index (χ4v) is 4.18. The third kappa shape index (κ3) is 5.24. The molecule has 0 unspecified atom stereocenters. The minimum Gasteiger partial charge on any atom is -0.497 e. The lowest BCUT2D eigenvalue weighted by Crippen LogP contribution is -2.12. The molecule has 134 valence electrons. The van der Waals surface area contributed by atoms with Crippen molar-refractivity contribution >= 4 is 46.3 Å². The van der Waals surface area contributed by atoms with Crippen molar-refractivity contribution in [3.05, 3.63) is 58.9 Å². The number of rotatable bonds is 7. The molecule has 2 aromatic carbocycles. The summed E-state index contributed by atoms with van der Waals surface area (Å²) in [7, 11) is 1.61. The predicted octanol–water partition coefficient (Wildman–Crippen LogP) is 5.59. The minimum atomic E-state index is -0.0165. The number of anilines is 1. The van der Waals surface area contributed by atoms with E-state index in [2.05, 4.69) is 10.3 Å². The highest BCUT2D eigenvalue weighted by Gasteiger charge is 2.07. The van der Waals surface area contributed by atoms with Gasteiger partial charge in [-0.25, -0.2) is 4.98 Å². The van der Waals surface area contributed by atoms with Crippen LogP contribution in [0.25, 0.3) is 11.3 Å². The number of carbonyl (C=O) groups excluding carboxylic acids is 1. The van der Waals surface area contributed by atoms with Crippen molar-refractivity contribution in [2.45, 2.75) is 10.8 Å². The van der Waals surface area contributed by atoms with Gasteiger partial charge < -0.3 is 10.1 Å². The minimum absolute atomic E-state index is 0.0165. The van der Waals surface area contributed by atoms with E-state index in [4.69, 9.17) is 16.3 Å². The second kappa shape index (κ2) is 9.07. The highest BCUT2D eigenvalue weighted by atomic mass is 35.5. The van der Waals surface area contributed by atoms with E-state index in [-0.39, 0.29) is 5.91 Å². The molecule has 1 amide bonds. The van der Waals surface area contributed by atoms with Crippen LogP contribution in [0, 0.1) is 0 Å². The number of hydrogen-bond donors (Lipinski definition) is 1. The average molecular weight is 405 g/mol. The molecule has 0 aliphatic heterocycles. The van der Waals surface area contributed by atoms with Crippen LogP contribution in [0.3, 0.4) is 0 Å². The number of nitrogens with zero attached hydrogens (tertiary/aromatic N) is 1. The Morgan fingerprint density at radius 2 is 1.92 bits per heavy atom. The number of hydrogen-bond acceptors (Lipinski definition) is 5. The van der Waals surface area contributed by atoms with Gasteiger partial charge in [0.05, 0.1) is 12.8 Å². The number of ether oxygens (including phenoxy) is 1. The molecule has 0 fully saturated rings. The van der Waals surface area contributed by atoms with Gasteiger partial charge in [-0.05, 0) is 36.4 Å². The highest BCUT2D eigenvalue weighted by molar-refractivity contribution is 8.01. The molecule has 1 heterocycles. The van der Waals surface area contributed by atoms with Gasteiger partial charge in [-0.3, -0.25) is 4.79 Å². The van der Waals surface area contributed by atoms with Gasteiger partial charge >= 0.3 is 0 Å². The SMILES string of the molecule is COc1ccc(NC(=O)CCSc2nc(-c3ccc(Cl)cc3)cs2)cc1. The molecular formula is C19H17ClN2O2S2. The van der Waals surface area contributed by atoms with E-state index in [1.54, 1.807) is 30.2 Å². The molecule has 0 saturated carbocycles. The van der Waals surface area contributed by atoms with E-state index in [1.165, 1.54) is 0 Å². The Balaban J connectivity index is 1.47. The summed E-state index contributed by atoms with van der Waals surface area (Å²) in [6.45, 7) is 0. The highest BCUT2D eigenvalue weighted by Crippen LogP contribution is 2.29. The first-order valence-electron chi connectivity index (χ1n) is 7.92. The van der Waals surface area contributed by atoms with E-state index < -0.39 is 0 Å². The third-order valence-corrected chi connectivity index (χ3v) is 5.83. The summed E-state index contributed by atoms with van der Waals surface area (Å²) >= 11 is 9.08. The lowest BCUT2D eigenvalue weighted by atomic mass is 10.2. The monoisotopic (exact) mass is 404 g/mol. The Hall–Kier alpha value is -2.02. The maximum absolute atomic E-state index is 12.0. The van der Waals surface area contributed by atoms with Gasteiger partial charge in [-0.1, -0.05) is 35.5 Å². The van der Waals surface area contributed by atoms with E-state index in [0.29, 0.717) is 17.2 Å². The van der Waals surface area contributed by atoms with Crippen molar-refractivity contribution in [2.24, 2.45) is 0 Å². The van der Waals surface area contributed by atoms with E-state index in [1.807, 2.05) is 53.9 Å². The van der Waals surface area contributed by atoms with Crippen molar-refractivity contribution < 1.29 is 9.53 Å². The predicted molar refractivity (Wildman–Crippen MR) is 110 cm³/mol. The largest absolute Gasteiger partial charge is 0.497 e. The van der Waals surface area contributed by atoms with Gasteiger partial charge in [-0.2, -0.15) is 0 Å². The quantitative estimate of drug-likeness (QED) is 0.521. The molecule has 3 aromatic rings. The Labute approximate surface area is 165 Å². The summed E-state index contributed by atoms with van der Waals surface area (Å²) in [6, 6.07) is 14.9. The van der Waals surface area contributed by atoms with E-state index in [9.17, 15) is 4.79 Å². The molecule has 3 rings (SSSR count). The number of carbonyl (C=O) groups is 1. The second-order valence-corrected chi connectivity index (χ2v) is 8.02. The van der Waals surface area contributed by atoms with Gasteiger partial charge in [-0.15, -0.1) is 11.3 Å². The van der Waals surface area contributed by atoms with Crippen LogP contribution in [0.1, 0.15) is 6.42 Å². The van der Waals surface area contributed by atoms with Crippen LogP contribution >= 0.6 is 34.7 Å². The maximum atomic E-state index is 12.0. The second-order valence-electron chi connectivity index (χ2n) is 5.38. The summed E-state index contributed by atoms with van der Waals surface area (Å²) in [5.74, 6) is 1.42. The molecule has 4 nitrogen and oxygen atoms in total. The van der Waals surface area contributed by atoms with E-state index in [0.717, 1.165) is 27.0 Å². The number of amides is 1. The van der Waals surface area contributed by atoms with Crippen LogP contribution < -0.4 is 10.1 Å². The van der Waals surface area contributed by atoms with Crippen LogP contribution in [0.15, 0.2) is 58.3 Å². The van der Waals surface area contributed by atoms with Crippen LogP contribution in [-0.4, -0.2) is 23.8 Å². The summed E-state index contributed by atoms with van der Waals surface area (Å²) in [5.41, 5.74) is 2.73. The normalized spacial score (nSPS) is 10.5. The molecule has 0 spiro atoms. The molecule has 0 aliphatic carbocycles. The topological polar surface area (TPSA) is 51.2 Å². The number of thioether (sulfide) groups is 1. The molecular weight excluding hydrogens is 388 g/mol. The van der Waals surface area contributed by atoms with E-state index >= 15 is 0 Å². The van der Waals surface area contributed by atoms with Crippen LogP contribution in [0.4, 0.5) is 5.69 Å². The van der Waals surface area contributed by atoms with Crippen LogP contribution in [0.5, 0.6) is 5.75 Å². The van der Waals surface area contributed by atoms with Crippen molar-refractivity contribution in [1.82, 2.24) is 4.98 Å². The Kier molecular flexibility index (Phi) is 6.55. The third-order valence-electron chi connectivity index (χ3n) is 3.55. The number of halogens is 1. The Morgan fingerprint density at radius 3 is 2.62 bits per heavy atom. The number of thiazole rings is 1. The van der Waals surface area contributed by atoms with Gasteiger partial charge in [0.1, 0.15) is 5.75 Å². The van der Waals surface area contributed by atoms with Crippen molar-refractivity contribution in [2.75, 3.05) is 18.2 Å². The Bertz CT molecular complexity index is 864. The van der Waals surface area contributed by atoms with Gasteiger partial charge in [0.25, 0.3) is 0 Å². The fourth-order valence-electron chi connectivity index (χ4n) is 2.21. The van der Waals surface area contributed by atoms with Gasteiger partial charge in [0, 0.05) is 33.8 Å². The van der Waals surface area contributed by atoms with Gasteiger partial charge in [0.15, 0.2) is 4.34 Å². The smallest absolute Gasteiger partial charge is 0.225 e. The zero-order valence-corrected chi connectivity index (χ0v) is 16.5. The zero-order valence-electron chi connectivity index (χ0n) is 14.1. The molecule has 26 heavy (non-hydrogen) atoms. The molecule has 7 heteroatoms. The summed E-state index contributed by atoms with van der Waals surface area (Å²) in [4.78, 5) is 16.6. The Morgan fingerprint density at radius 1 is 1.19 bits per heavy atom. The number of aromatic nitrogens is 1. The fraction of sp³-hybridized carbons (Fsp3) is 0.158. The molecule has 0 aliphatic rings. The molecule has 0 saturated heterocycles. The molecule has 0 atom stereocenters. The number of benzene rings is 2. The van der Waals surface area contributed by atoms with Crippen LogP contribution in [0.2, 0.25) is 5.02 Å². The number of methoxy groups -OCH3 is 1. The molecule has 1 N–H and O–H groups in total. The first-order chi connectivity index (χ1) is 12.6. The molecule has 1 aromatic heterocycles. The summed E-state index contributed by atoms with van der Waals surface area (Å²) in [6.07, 6.45) is 0.423.